The van der Waals surface area contributed by atoms with Crippen molar-refractivity contribution in [1.29, 1.82) is 0 Å². The second-order valence-electron chi connectivity index (χ2n) is 4.18. The van der Waals surface area contributed by atoms with Crippen molar-refractivity contribution >= 4 is 10.9 Å². The number of aromatic nitrogens is 1. The zero-order valence-corrected chi connectivity index (χ0v) is 8.79. The van der Waals surface area contributed by atoms with Crippen LogP contribution in [0.2, 0.25) is 0 Å². The van der Waals surface area contributed by atoms with Crippen molar-refractivity contribution in [2.75, 3.05) is 0 Å². The normalized spacial score (nSPS) is 14.5. The van der Waals surface area contributed by atoms with Gasteiger partial charge in [-0.05, 0) is 31.4 Å². The minimum Gasteiger partial charge on any atom is -0.347 e. The molecule has 0 unspecified atom stereocenters. The molecule has 2 aromatic rings. The summed E-state index contributed by atoms with van der Waals surface area (Å²) in [5.41, 5.74) is 3.58. The number of aryl methyl sites for hydroxylation is 1. The van der Waals surface area contributed by atoms with E-state index in [2.05, 4.69) is 11.6 Å². The van der Waals surface area contributed by atoms with Gasteiger partial charge in [-0.15, -0.1) is 0 Å². The fraction of sp³-hybridized carbons (Fsp3) is 0.308. The number of hydrogen-bond acceptors (Lipinski definition) is 1. The van der Waals surface area contributed by atoms with E-state index in [0.717, 1.165) is 35.7 Å². The lowest BCUT2D eigenvalue weighted by Gasteiger charge is -2.11. The van der Waals surface area contributed by atoms with E-state index in [1.54, 1.807) is 0 Å². The monoisotopic (exact) mass is 199 g/mol. The summed E-state index contributed by atoms with van der Waals surface area (Å²) in [5.74, 6) is 0. The van der Waals surface area contributed by atoms with Crippen molar-refractivity contribution in [2.24, 2.45) is 7.05 Å². The SMILES string of the molecule is Cn1c2c(c(=O)c3ccccc31)CCC2. The Bertz CT molecular complexity index is 595. The topological polar surface area (TPSA) is 22.0 Å². The van der Waals surface area contributed by atoms with Crippen molar-refractivity contribution in [2.45, 2.75) is 19.3 Å². The number of para-hydroxylation sites is 1. The molecular weight excluding hydrogens is 186 g/mol. The average Bonchev–Trinajstić information content (AvgIpc) is 2.75. The van der Waals surface area contributed by atoms with Gasteiger partial charge in [-0.3, -0.25) is 4.79 Å². The van der Waals surface area contributed by atoms with Crippen LogP contribution >= 0.6 is 0 Å². The lowest BCUT2D eigenvalue weighted by atomic mass is 10.1. The Morgan fingerprint density at radius 3 is 2.87 bits per heavy atom. The molecule has 2 heteroatoms. The number of rotatable bonds is 0. The van der Waals surface area contributed by atoms with Crippen LogP contribution in [0.25, 0.3) is 10.9 Å². The maximum Gasteiger partial charge on any atom is 0.192 e. The van der Waals surface area contributed by atoms with E-state index < -0.39 is 0 Å². The van der Waals surface area contributed by atoms with Gasteiger partial charge >= 0.3 is 0 Å². The first-order valence-corrected chi connectivity index (χ1v) is 5.38. The minimum atomic E-state index is 0.246. The van der Waals surface area contributed by atoms with Crippen molar-refractivity contribution in [3.63, 3.8) is 0 Å². The number of benzene rings is 1. The lowest BCUT2D eigenvalue weighted by molar-refractivity contribution is 0.831. The van der Waals surface area contributed by atoms with Gasteiger partial charge in [-0.2, -0.15) is 0 Å². The van der Waals surface area contributed by atoms with E-state index in [0.29, 0.717) is 0 Å². The molecule has 0 atom stereocenters. The zero-order chi connectivity index (χ0) is 10.4. The molecule has 1 aliphatic carbocycles. The summed E-state index contributed by atoms with van der Waals surface area (Å²) < 4.78 is 2.18. The van der Waals surface area contributed by atoms with Gasteiger partial charge in [0.2, 0.25) is 0 Å². The molecule has 1 aliphatic rings. The van der Waals surface area contributed by atoms with Gasteiger partial charge in [0.05, 0.1) is 5.52 Å². The molecule has 15 heavy (non-hydrogen) atoms. The van der Waals surface area contributed by atoms with Crippen molar-refractivity contribution in [1.82, 2.24) is 4.57 Å². The summed E-state index contributed by atoms with van der Waals surface area (Å²) in [4.78, 5) is 12.2. The molecule has 0 saturated carbocycles. The van der Waals surface area contributed by atoms with Crippen LogP contribution in [0.15, 0.2) is 29.1 Å². The van der Waals surface area contributed by atoms with E-state index >= 15 is 0 Å². The first-order chi connectivity index (χ1) is 7.29. The second kappa shape index (κ2) is 2.96. The number of nitrogens with zero attached hydrogens (tertiary/aromatic N) is 1. The molecule has 1 aromatic heterocycles. The van der Waals surface area contributed by atoms with Gasteiger partial charge in [0.1, 0.15) is 0 Å². The van der Waals surface area contributed by atoms with Crippen molar-refractivity contribution in [3.05, 3.63) is 45.7 Å². The molecule has 1 aromatic carbocycles. The van der Waals surface area contributed by atoms with Crippen LogP contribution < -0.4 is 5.43 Å². The fourth-order valence-corrected chi connectivity index (χ4v) is 2.61. The van der Waals surface area contributed by atoms with E-state index in [9.17, 15) is 4.79 Å². The molecule has 0 bridgehead atoms. The molecule has 0 aliphatic heterocycles. The van der Waals surface area contributed by atoms with Gasteiger partial charge in [0, 0.05) is 23.7 Å². The summed E-state index contributed by atoms with van der Waals surface area (Å²) in [5, 5.41) is 0.862. The third-order valence-corrected chi connectivity index (χ3v) is 3.38. The summed E-state index contributed by atoms with van der Waals surface area (Å²) in [6.07, 6.45) is 3.12. The number of pyridine rings is 1. The summed E-state index contributed by atoms with van der Waals surface area (Å²) in [6.45, 7) is 0. The molecule has 0 saturated heterocycles. The smallest absolute Gasteiger partial charge is 0.192 e. The first kappa shape index (κ1) is 8.72. The Kier molecular flexibility index (Phi) is 1.72. The molecule has 2 nitrogen and oxygen atoms in total. The van der Waals surface area contributed by atoms with Gasteiger partial charge in [0.25, 0.3) is 0 Å². The third kappa shape index (κ3) is 1.08. The van der Waals surface area contributed by atoms with Crippen LogP contribution in [-0.4, -0.2) is 4.57 Å². The quantitative estimate of drug-likeness (QED) is 0.636. The highest BCUT2D eigenvalue weighted by atomic mass is 16.1. The number of hydrogen-bond donors (Lipinski definition) is 0. The van der Waals surface area contributed by atoms with Crippen LogP contribution in [0.1, 0.15) is 17.7 Å². The maximum atomic E-state index is 12.2. The highest BCUT2D eigenvalue weighted by molar-refractivity contribution is 5.80. The predicted octanol–water partition coefficient (Wildman–Crippen LogP) is 2.03. The molecule has 76 valence electrons. The fourth-order valence-electron chi connectivity index (χ4n) is 2.61. The lowest BCUT2D eigenvalue weighted by Crippen LogP contribution is -2.14. The largest absolute Gasteiger partial charge is 0.347 e. The van der Waals surface area contributed by atoms with Crippen LogP contribution in [0, 0.1) is 0 Å². The average molecular weight is 199 g/mol. The molecule has 0 amide bonds. The van der Waals surface area contributed by atoms with E-state index in [4.69, 9.17) is 0 Å². The van der Waals surface area contributed by atoms with Crippen molar-refractivity contribution < 1.29 is 0 Å². The molecule has 0 radical (unpaired) electrons. The summed E-state index contributed by atoms with van der Waals surface area (Å²) in [7, 11) is 2.06. The van der Waals surface area contributed by atoms with Gasteiger partial charge < -0.3 is 4.57 Å². The zero-order valence-electron chi connectivity index (χ0n) is 8.79. The minimum absolute atomic E-state index is 0.246. The summed E-state index contributed by atoms with van der Waals surface area (Å²) >= 11 is 0. The van der Waals surface area contributed by atoms with E-state index in [-0.39, 0.29) is 5.43 Å². The second-order valence-corrected chi connectivity index (χ2v) is 4.18. The Hall–Kier alpha value is -1.57. The molecule has 0 N–H and O–H groups in total. The van der Waals surface area contributed by atoms with Gasteiger partial charge in [-0.25, -0.2) is 0 Å². The standard InChI is InChI=1S/C13H13NO/c1-14-11-7-3-2-5-9(11)13(15)10-6-4-8-12(10)14/h2-3,5,7H,4,6,8H2,1H3. The van der Waals surface area contributed by atoms with E-state index in [1.165, 1.54) is 5.69 Å². The van der Waals surface area contributed by atoms with Gasteiger partial charge in [0.15, 0.2) is 5.43 Å². The maximum absolute atomic E-state index is 12.2. The third-order valence-electron chi connectivity index (χ3n) is 3.38. The van der Waals surface area contributed by atoms with Crippen LogP contribution in [0.4, 0.5) is 0 Å². The highest BCUT2D eigenvalue weighted by Gasteiger charge is 2.18. The highest BCUT2D eigenvalue weighted by Crippen LogP contribution is 2.22. The molecule has 3 rings (SSSR count). The molecule has 0 fully saturated rings. The van der Waals surface area contributed by atoms with E-state index in [1.807, 2.05) is 24.3 Å². The Balaban J connectivity index is 2.57. The Labute approximate surface area is 88.2 Å². The predicted molar refractivity (Wildman–Crippen MR) is 61.2 cm³/mol. The van der Waals surface area contributed by atoms with Crippen LogP contribution in [0.3, 0.4) is 0 Å². The Morgan fingerprint density at radius 2 is 2.00 bits per heavy atom. The van der Waals surface area contributed by atoms with Crippen LogP contribution in [-0.2, 0) is 19.9 Å². The molecule has 1 heterocycles. The van der Waals surface area contributed by atoms with Crippen molar-refractivity contribution in [3.8, 4) is 0 Å². The Morgan fingerprint density at radius 1 is 1.20 bits per heavy atom. The van der Waals surface area contributed by atoms with Gasteiger partial charge in [-0.1, -0.05) is 12.1 Å². The number of fused-ring (bicyclic) bond motifs is 2. The molecular formula is C13H13NO. The first-order valence-electron chi connectivity index (χ1n) is 5.38. The summed E-state index contributed by atoms with van der Waals surface area (Å²) in [6, 6.07) is 7.87. The van der Waals surface area contributed by atoms with Crippen LogP contribution in [0.5, 0.6) is 0 Å². The molecule has 0 spiro atoms.